The Morgan fingerprint density at radius 2 is 2.16 bits per heavy atom. The Labute approximate surface area is 147 Å². The molecule has 0 spiro atoms. The van der Waals surface area contributed by atoms with Crippen LogP contribution in [-0.4, -0.2) is 48.3 Å². The topological polar surface area (TPSA) is 83.5 Å². The number of β-amino-alcohol motifs (C(OH)–C–C–N with tert-alkyl or cyclic N) is 1. The zero-order chi connectivity index (χ0) is 17.7. The number of aromatic nitrogens is 1. The van der Waals surface area contributed by atoms with E-state index >= 15 is 0 Å². The molecule has 1 fully saturated rings. The molecule has 1 aromatic heterocycles. The molecule has 0 bridgehead atoms. The Balaban J connectivity index is 1.66. The van der Waals surface area contributed by atoms with Crippen molar-refractivity contribution in [3.8, 4) is 17.0 Å². The standard InChI is InChI=1S/C19H23N3O3/c1-25-16-4-2-11-21-17(16)14-5-7-15(8-6-14)18(23)22-13-19(24)9-3-10-20-12-19/h2,4-8,11,20,24H,3,9-10,12-13H2,1H3,(H,22,23). The monoisotopic (exact) mass is 341 g/mol. The molecule has 132 valence electrons. The summed E-state index contributed by atoms with van der Waals surface area (Å²) in [5.41, 5.74) is 1.30. The van der Waals surface area contributed by atoms with Gasteiger partial charge in [-0.2, -0.15) is 0 Å². The second kappa shape index (κ2) is 7.63. The van der Waals surface area contributed by atoms with E-state index in [0.29, 0.717) is 24.3 Å². The van der Waals surface area contributed by atoms with Crippen molar-refractivity contribution < 1.29 is 14.6 Å². The molecule has 1 aliphatic heterocycles. The first-order chi connectivity index (χ1) is 12.1. The fraction of sp³-hybridized carbons (Fsp3) is 0.368. The first-order valence-electron chi connectivity index (χ1n) is 8.42. The van der Waals surface area contributed by atoms with Crippen LogP contribution < -0.4 is 15.4 Å². The summed E-state index contributed by atoms with van der Waals surface area (Å²) in [5, 5.41) is 16.4. The summed E-state index contributed by atoms with van der Waals surface area (Å²) in [6, 6.07) is 10.9. The van der Waals surface area contributed by atoms with E-state index in [1.807, 2.05) is 24.3 Å². The van der Waals surface area contributed by atoms with Gasteiger partial charge in [-0.3, -0.25) is 9.78 Å². The van der Waals surface area contributed by atoms with Crippen LogP contribution in [0.1, 0.15) is 23.2 Å². The third-order valence-electron chi connectivity index (χ3n) is 4.44. The molecule has 25 heavy (non-hydrogen) atoms. The number of hydrogen-bond donors (Lipinski definition) is 3. The van der Waals surface area contributed by atoms with Crippen LogP contribution >= 0.6 is 0 Å². The Hall–Kier alpha value is -2.44. The van der Waals surface area contributed by atoms with Gasteiger partial charge in [0.15, 0.2) is 0 Å². The predicted octanol–water partition coefficient (Wildman–Crippen LogP) is 1.60. The minimum Gasteiger partial charge on any atom is -0.494 e. The normalized spacial score (nSPS) is 20.1. The van der Waals surface area contributed by atoms with Gasteiger partial charge in [-0.15, -0.1) is 0 Å². The zero-order valence-electron chi connectivity index (χ0n) is 14.3. The van der Waals surface area contributed by atoms with E-state index in [-0.39, 0.29) is 12.5 Å². The lowest BCUT2D eigenvalue weighted by Gasteiger charge is -2.32. The van der Waals surface area contributed by atoms with Gasteiger partial charge in [0.05, 0.1) is 12.7 Å². The van der Waals surface area contributed by atoms with Crippen molar-refractivity contribution in [1.29, 1.82) is 0 Å². The molecule has 1 atom stereocenters. The van der Waals surface area contributed by atoms with E-state index in [4.69, 9.17) is 4.74 Å². The maximum absolute atomic E-state index is 12.3. The number of carbonyl (C=O) groups is 1. The largest absolute Gasteiger partial charge is 0.494 e. The fourth-order valence-corrected chi connectivity index (χ4v) is 3.00. The predicted molar refractivity (Wildman–Crippen MR) is 95.6 cm³/mol. The van der Waals surface area contributed by atoms with Crippen molar-refractivity contribution >= 4 is 5.91 Å². The highest BCUT2D eigenvalue weighted by Gasteiger charge is 2.29. The van der Waals surface area contributed by atoms with Gasteiger partial charge in [-0.1, -0.05) is 12.1 Å². The number of pyridine rings is 1. The molecule has 1 amide bonds. The molecule has 0 saturated carbocycles. The number of piperidine rings is 1. The van der Waals surface area contributed by atoms with E-state index < -0.39 is 5.60 Å². The summed E-state index contributed by atoms with van der Waals surface area (Å²) in [5.74, 6) is 0.491. The van der Waals surface area contributed by atoms with E-state index in [0.717, 1.165) is 24.2 Å². The fourth-order valence-electron chi connectivity index (χ4n) is 3.00. The summed E-state index contributed by atoms with van der Waals surface area (Å²) in [6.45, 7) is 1.66. The SMILES string of the molecule is COc1cccnc1-c1ccc(C(=O)NCC2(O)CCCNC2)cc1. The quantitative estimate of drug-likeness (QED) is 0.769. The highest BCUT2D eigenvalue weighted by atomic mass is 16.5. The highest BCUT2D eigenvalue weighted by Crippen LogP contribution is 2.27. The van der Waals surface area contributed by atoms with Crippen molar-refractivity contribution in [2.24, 2.45) is 0 Å². The van der Waals surface area contributed by atoms with Gasteiger partial charge in [0.25, 0.3) is 5.91 Å². The average molecular weight is 341 g/mol. The number of hydrogen-bond acceptors (Lipinski definition) is 5. The van der Waals surface area contributed by atoms with Gasteiger partial charge >= 0.3 is 0 Å². The van der Waals surface area contributed by atoms with Gasteiger partial charge < -0.3 is 20.5 Å². The summed E-state index contributed by atoms with van der Waals surface area (Å²) < 4.78 is 5.32. The molecule has 0 radical (unpaired) electrons. The van der Waals surface area contributed by atoms with E-state index in [1.165, 1.54) is 0 Å². The molecule has 2 heterocycles. The zero-order valence-corrected chi connectivity index (χ0v) is 14.3. The Morgan fingerprint density at radius 3 is 2.84 bits per heavy atom. The molecule has 1 aliphatic rings. The molecule has 3 rings (SSSR count). The third-order valence-corrected chi connectivity index (χ3v) is 4.44. The number of nitrogens with zero attached hydrogens (tertiary/aromatic N) is 1. The third kappa shape index (κ3) is 4.15. The average Bonchev–Trinajstić information content (AvgIpc) is 2.67. The van der Waals surface area contributed by atoms with Crippen LogP contribution in [0.3, 0.4) is 0 Å². The molecule has 1 unspecified atom stereocenters. The minimum absolute atomic E-state index is 0.196. The van der Waals surface area contributed by atoms with Gasteiger partial charge in [0.1, 0.15) is 11.4 Å². The lowest BCUT2D eigenvalue weighted by atomic mass is 9.94. The first-order valence-corrected chi connectivity index (χ1v) is 8.42. The van der Waals surface area contributed by atoms with E-state index in [2.05, 4.69) is 15.6 Å². The molecule has 2 aromatic rings. The first kappa shape index (κ1) is 17.4. The molecule has 1 saturated heterocycles. The van der Waals surface area contributed by atoms with Gasteiger partial charge in [-0.25, -0.2) is 0 Å². The maximum atomic E-state index is 12.3. The number of nitrogens with one attached hydrogen (secondary N) is 2. The van der Waals surface area contributed by atoms with Crippen LogP contribution in [0, 0.1) is 0 Å². The van der Waals surface area contributed by atoms with Crippen molar-refractivity contribution in [3.63, 3.8) is 0 Å². The van der Waals surface area contributed by atoms with Crippen LogP contribution in [0.15, 0.2) is 42.6 Å². The number of carbonyl (C=O) groups excluding carboxylic acids is 1. The van der Waals surface area contributed by atoms with Gasteiger partial charge in [0.2, 0.25) is 0 Å². The van der Waals surface area contributed by atoms with Crippen LogP contribution in [0.5, 0.6) is 5.75 Å². The highest BCUT2D eigenvalue weighted by molar-refractivity contribution is 5.94. The van der Waals surface area contributed by atoms with Crippen molar-refractivity contribution in [3.05, 3.63) is 48.2 Å². The number of rotatable bonds is 5. The molecule has 3 N–H and O–H groups in total. The molecule has 6 heteroatoms. The smallest absolute Gasteiger partial charge is 0.251 e. The number of benzene rings is 1. The lowest BCUT2D eigenvalue weighted by Crippen LogP contribution is -2.52. The molecule has 0 aliphatic carbocycles. The molecular weight excluding hydrogens is 318 g/mol. The van der Waals surface area contributed by atoms with Crippen LogP contribution in [-0.2, 0) is 0 Å². The van der Waals surface area contributed by atoms with Crippen LogP contribution in [0.4, 0.5) is 0 Å². The van der Waals surface area contributed by atoms with E-state index in [9.17, 15) is 9.90 Å². The van der Waals surface area contributed by atoms with Gasteiger partial charge in [0, 0.05) is 30.4 Å². The molecular formula is C19H23N3O3. The van der Waals surface area contributed by atoms with Crippen molar-refractivity contribution in [2.45, 2.75) is 18.4 Å². The maximum Gasteiger partial charge on any atom is 0.251 e. The van der Waals surface area contributed by atoms with E-state index in [1.54, 1.807) is 25.4 Å². The Morgan fingerprint density at radius 1 is 1.36 bits per heavy atom. The Kier molecular flexibility index (Phi) is 5.31. The van der Waals surface area contributed by atoms with Crippen molar-refractivity contribution in [1.82, 2.24) is 15.6 Å². The number of aliphatic hydroxyl groups is 1. The summed E-state index contributed by atoms with van der Waals surface area (Å²) >= 11 is 0. The number of amides is 1. The lowest BCUT2D eigenvalue weighted by molar-refractivity contribution is 0.0170. The number of methoxy groups -OCH3 is 1. The Bertz CT molecular complexity index is 725. The van der Waals surface area contributed by atoms with Crippen molar-refractivity contribution in [2.75, 3.05) is 26.7 Å². The minimum atomic E-state index is -0.866. The molecule has 1 aromatic carbocycles. The summed E-state index contributed by atoms with van der Waals surface area (Å²) in [6.07, 6.45) is 3.31. The summed E-state index contributed by atoms with van der Waals surface area (Å²) in [7, 11) is 1.60. The van der Waals surface area contributed by atoms with Crippen LogP contribution in [0.25, 0.3) is 11.3 Å². The second-order valence-electron chi connectivity index (χ2n) is 6.32. The second-order valence-corrected chi connectivity index (χ2v) is 6.32. The number of ether oxygens (including phenoxy) is 1. The molecule has 6 nitrogen and oxygen atoms in total. The van der Waals surface area contributed by atoms with Gasteiger partial charge in [-0.05, 0) is 43.7 Å². The summed E-state index contributed by atoms with van der Waals surface area (Å²) in [4.78, 5) is 16.7. The van der Waals surface area contributed by atoms with Crippen LogP contribution in [0.2, 0.25) is 0 Å².